The Balaban J connectivity index is 1.20. The lowest BCUT2D eigenvalue weighted by Crippen LogP contribution is -2.00. The summed E-state index contributed by atoms with van der Waals surface area (Å²) >= 11 is 1.64. The predicted octanol–water partition coefficient (Wildman–Crippen LogP) is 11.4. The molecule has 0 N–H and O–H groups in total. The van der Waals surface area contributed by atoms with E-state index in [2.05, 4.69) is 18.2 Å². The minimum atomic E-state index is -0.293. The van der Waals surface area contributed by atoms with Crippen molar-refractivity contribution in [1.29, 1.82) is 0 Å². The molecule has 0 aliphatic carbocycles. The van der Waals surface area contributed by atoms with E-state index in [1.807, 2.05) is 103 Å². The summed E-state index contributed by atoms with van der Waals surface area (Å²) in [4.78, 5) is 25.2. The number of benzene rings is 6. The first-order valence-corrected chi connectivity index (χ1v) is 17.3. The van der Waals surface area contributed by atoms with Crippen LogP contribution in [0.2, 0.25) is 0 Å². The molecule has 240 valence electrons. The van der Waals surface area contributed by atoms with Gasteiger partial charge in [-0.2, -0.15) is 0 Å². The van der Waals surface area contributed by atoms with E-state index in [1.165, 1.54) is 12.1 Å². The van der Waals surface area contributed by atoms with Gasteiger partial charge in [0.15, 0.2) is 23.3 Å². The first-order valence-electron chi connectivity index (χ1n) is 16.4. The van der Waals surface area contributed by atoms with Gasteiger partial charge in [-0.15, -0.1) is 11.3 Å². The molecule has 4 aromatic heterocycles. The Morgan fingerprint density at radius 2 is 1.12 bits per heavy atom. The number of hydrogen-bond acceptors (Lipinski definition) is 7. The Kier molecular flexibility index (Phi) is 6.75. The largest absolute Gasteiger partial charge is 0.456 e. The maximum atomic E-state index is 14.0. The normalized spacial score (nSPS) is 11.6. The van der Waals surface area contributed by atoms with E-state index in [0.29, 0.717) is 23.3 Å². The van der Waals surface area contributed by atoms with Crippen LogP contribution in [-0.4, -0.2) is 24.9 Å². The monoisotopic (exact) mass is 677 g/mol. The van der Waals surface area contributed by atoms with E-state index in [1.54, 1.807) is 23.5 Å². The number of aromatic nitrogens is 5. The molecule has 6 aromatic carbocycles. The van der Waals surface area contributed by atoms with Crippen molar-refractivity contribution in [3.8, 4) is 56.8 Å². The molecule has 6 nitrogen and oxygen atoms in total. The third kappa shape index (κ3) is 5.04. The van der Waals surface area contributed by atoms with Gasteiger partial charge in [0, 0.05) is 48.7 Å². The van der Waals surface area contributed by atoms with Crippen LogP contribution in [0.5, 0.6) is 0 Å². The molecule has 10 rings (SSSR count). The van der Waals surface area contributed by atoms with Gasteiger partial charge in [0.2, 0.25) is 0 Å². The van der Waals surface area contributed by atoms with Gasteiger partial charge in [0.25, 0.3) is 0 Å². The zero-order valence-corrected chi connectivity index (χ0v) is 27.6. The third-order valence-corrected chi connectivity index (χ3v) is 10.2. The Hall–Kier alpha value is -6.64. The van der Waals surface area contributed by atoms with E-state index in [9.17, 15) is 4.39 Å². The number of furan rings is 1. The Bertz CT molecular complexity index is 2870. The lowest BCUT2D eigenvalue weighted by Gasteiger charge is -2.09. The van der Waals surface area contributed by atoms with Crippen LogP contribution in [0.4, 0.5) is 4.39 Å². The average molecular weight is 678 g/mol. The molecule has 0 radical (unpaired) electrons. The summed E-state index contributed by atoms with van der Waals surface area (Å²) in [6, 6.07) is 46.5. The Morgan fingerprint density at radius 3 is 1.86 bits per heavy atom. The minimum absolute atomic E-state index is 0.293. The first-order chi connectivity index (χ1) is 25.2. The molecule has 0 saturated heterocycles. The summed E-state index contributed by atoms with van der Waals surface area (Å²) in [6.07, 6.45) is 0. The third-order valence-electron chi connectivity index (χ3n) is 9.03. The van der Waals surface area contributed by atoms with Gasteiger partial charge in [-0.25, -0.2) is 29.3 Å². The molecule has 0 bridgehead atoms. The van der Waals surface area contributed by atoms with Gasteiger partial charge < -0.3 is 4.42 Å². The van der Waals surface area contributed by atoms with Crippen LogP contribution >= 0.6 is 11.3 Å². The van der Waals surface area contributed by atoms with Crippen LogP contribution in [0.15, 0.2) is 150 Å². The molecule has 0 spiro atoms. The van der Waals surface area contributed by atoms with Crippen molar-refractivity contribution < 1.29 is 8.81 Å². The standard InChI is InChI=1S/C43H24FN5OS/c44-29-21-18-25(19-22-29)37-39-38(30-14-7-8-17-35(30)51-39)46-42(45-37)28-20-23-33-32(24-28)36-31(15-9-16-34(36)50-33)43-48-40(26-10-3-1-4-11-26)47-41(49-43)27-12-5-2-6-13-27/h1-24H. The van der Waals surface area contributed by atoms with Crippen LogP contribution in [0.1, 0.15) is 0 Å². The van der Waals surface area contributed by atoms with Crippen LogP contribution in [0, 0.1) is 5.82 Å². The van der Waals surface area contributed by atoms with Gasteiger partial charge >= 0.3 is 0 Å². The van der Waals surface area contributed by atoms with Gasteiger partial charge in [0.1, 0.15) is 17.0 Å². The number of rotatable bonds is 5. The fourth-order valence-corrected chi connectivity index (χ4v) is 7.76. The molecule has 51 heavy (non-hydrogen) atoms. The number of nitrogens with zero attached hydrogens (tertiary/aromatic N) is 5. The summed E-state index contributed by atoms with van der Waals surface area (Å²) < 4.78 is 22.5. The Morgan fingerprint density at radius 1 is 0.471 bits per heavy atom. The molecule has 0 saturated carbocycles. The summed E-state index contributed by atoms with van der Waals surface area (Å²) in [5.41, 5.74) is 7.35. The molecule has 0 atom stereocenters. The highest BCUT2D eigenvalue weighted by Gasteiger charge is 2.20. The van der Waals surface area contributed by atoms with Gasteiger partial charge in [-0.3, -0.25) is 0 Å². The summed E-state index contributed by atoms with van der Waals surface area (Å²) in [5.74, 6) is 1.99. The quantitative estimate of drug-likeness (QED) is 0.180. The highest BCUT2D eigenvalue weighted by atomic mass is 32.1. The van der Waals surface area contributed by atoms with Crippen LogP contribution in [0.25, 0.3) is 99.1 Å². The summed E-state index contributed by atoms with van der Waals surface area (Å²) in [7, 11) is 0. The predicted molar refractivity (Wildman–Crippen MR) is 203 cm³/mol. The molecule has 8 heteroatoms. The lowest BCUT2D eigenvalue weighted by molar-refractivity contribution is 0.628. The van der Waals surface area contributed by atoms with Crippen molar-refractivity contribution in [2.24, 2.45) is 0 Å². The van der Waals surface area contributed by atoms with Crippen LogP contribution in [0.3, 0.4) is 0 Å². The van der Waals surface area contributed by atoms with Crippen molar-refractivity contribution >= 4 is 53.6 Å². The van der Waals surface area contributed by atoms with E-state index < -0.39 is 0 Å². The highest BCUT2D eigenvalue weighted by Crippen LogP contribution is 2.41. The van der Waals surface area contributed by atoms with E-state index >= 15 is 0 Å². The van der Waals surface area contributed by atoms with Gasteiger partial charge in [-0.1, -0.05) is 91.0 Å². The average Bonchev–Trinajstić information content (AvgIpc) is 3.76. The zero-order valence-electron chi connectivity index (χ0n) is 26.8. The fraction of sp³-hybridized carbons (Fsp3) is 0. The summed E-state index contributed by atoms with van der Waals surface area (Å²) in [5, 5.41) is 2.84. The second kappa shape index (κ2) is 11.8. The maximum absolute atomic E-state index is 14.0. The molecule has 0 aliphatic rings. The molecule has 0 unspecified atom stereocenters. The first kappa shape index (κ1) is 29.3. The van der Waals surface area contributed by atoms with Crippen molar-refractivity contribution in [3.63, 3.8) is 0 Å². The van der Waals surface area contributed by atoms with Crippen LogP contribution in [-0.2, 0) is 0 Å². The smallest absolute Gasteiger partial charge is 0.164 e. The van der Waals surface area contributed by atoms with Crippen molar-refractivity contribution in [3.05, 3.63) is 151 Å². The molecular weight excluding hydrogens is 654 g/mol. The molecule has 10 aromatic rings. The van der Waals surface area contributed by atoms with Gasteiger partial charge in [0.05, 0.1) is 15.9 Å². The second-order valence-electron chi connectivity index (χ2n) is 12.2. The number of halogens is 1. The molecule has 0 aliphatic heterocycles. The van der Waals surface area contributed by atoms with Crippen molar-refractivity contribution in [2.45, 2.75) is 0 Å². The second-order valence-corrected chi connectivity index (χ2v) is 13.3. The van der Waals surface area contributed by atoms with E-state index in [-0.39, 0.29) is 5.82 Å². The molecular formula is C43H24FN5OS. The van der Waals surface area contributed by atoms with Crippen molar-refractivity contribution in [1.82, 2.24) is 24.9 Å². The lowest BCUT2D eigenvalue weighted by atomic mass is 10.0. The van der Waals surface area contributed by atoms with Gasteiger partial charge in [-0.05, 0) is 54.6 Å². The maximum Gasteiger partial charge on any atom is 0.164 e. The SMILES string of the molecule is Fc1ccc(-c2nc(-c3ccc4oc5cccc(-c6nc(-c7ccccc7)nc(-c7ccccc7)n6)c5c4c3)nc3c2sc2ccccc23)cc1. The molecule has 4 heterocycles. The topological polar surface area (TPSA) is 77.6 Å². The zero-order chi connectivity index (χ0) is 33.9. The van der Waals surface area contributed by atoms with Crippen molar-refractivity contribution in [2.75, 3.05) is 0 Å². The number of fused-ring (bicyclic) bond motifs is 6. The highest BCUT2D eigenvalue weighted by molar-refractivity contribution is 7.26. The minimum Gasteiger partial charge on any atom is -0.456 e. The fourth-order valence-electron chi connectivity index (χ4n) is 6.60. The van der Waals surface area contributed by atoms with E-state index in [0.717, 1.165) is 75.8 Å². The number of hydrogen-bond donors (Lipinski definition) is 0. The molecule has 0 fully saturated rings. The molecule has 0 amide bonds. The number of thiophene rings is 1. The summed E-state index contributed by atoms with van der Waals surface area (Å²) in [6.45, 7) is 0. The van der Waals surface area contributed by atoms with Crippen LogP contribution < -0.4 is 0 Å². The Labute approximate surface area is 294 Å². The van der Waals surface area contributed by atoms with E-state index in [4.69, 9.17) is 29.3 Å².